The minimum Gasteiger partial charge on any atom is -0.375 e. The van der Waals surface area contributed by atoms with E-state index in [0.717, 1.165) is 34.5 Å². The summed E-state index contributed by atoms with van der Waals surface area (Å²) in [5.74, 6) is -2.26. The molecule has 0 radical (unpaired) electrons. The van der Waals surface area contributed by atoms with Gasteiger partial charge in [0, 0.05) is 25.1 Å². The van der Waals surface area contributed by atoms with Crippen LogP contribution in [0.4, 0.5) is 14.6 Å². The molecule has 1 fully saturated rings. The number of H-pyrrole nitrogens is 1. The molecule has 5 nitrogen and oxygen atoms in total. The van der Waals surface area contributed by atoms with Gasteiger partial charge in [0.1, 0.15) is 11.6 Å². The maximum Gasteiger partial charge on any atom is 0.269 e. The topological polar surface area (TPSA) is 54.0 Å². The zero-order valence-electron chi connectivity index (χ0n) is 16.2. The standard InChI is InChI=1S/C22H22F2N4O/c1-14-11-28(13-22(14,23)24)21-19(20-26-17-8-10-29-12-18(17)27-20)16(7-9-25-21)15-5-3-2-4-6-15/h2-7,9,14H,8,10-13H2,1H3,(H,26,27). The van der Waals surface area contributed by atoms with Gasteiger partial charge >= 0.3 is 0 Å². The molecule has 0 aliphatic carbocycles. The zero-order valence-corrected chi connectivity index (χ0v) is 16.2. The number of fused-ring (bicyclic) bond motifs is 1. The molecule has 1 aromatic carbocycles. The minimum absolute atomic E-state index is 0.259. The SMILES string of the molecule is CC1CN(c2nccc(-c3ccccc3)c2-c2nc3c([nH]2)COCC3)CC1(F)F. The van der Waals surface area contributed by atoms with Crippen molar-refractivity contribution in [2.45, 2.75) is 25.9 Å². The van der Waals surface area contributed by atoms with Gasteiger partial charge in [-0.15, -0.1) is 0 Å². The van der Waals surface area contributed by atoms with E-state index in [0.29, 0.717) is 24.9 Å². The zero-order chi connectivity index (χ0) is 20.0. The van der Waals surface area contributed by atoms with Crippen molar-refractivity contribution in [3.05, 3.63) is 54.0 Å². The summed E-state index contributed by atoms with van der Waals surface area (Å²) in [6.07, 6.45) is 2.43. The average molecular weight is 396 g/mol. The van der Waals surface area contributed by atoms with Crippen molar-refractivity contribution in [1.29, 1.82) is 0 Å². The molecule has 7 heteroatoms. The van der Waals surface area contributed by atoms with Crippen molar-refractivity contribution >= 4 is 5.82 Å². The molecule has 0 amide bonds. The van der Waals surface area contributed by atoms with E-state index >= 15 is 0 Å². The number of aromatic nitrogens is 3. The molecule has 150 valence electrons. The van der Waals surface area contributed by atoms with Crippen LogP contribution in [0.5, 0.6) is 0 Å². The first-order valence-electron chi connectivity index (χ1n) is 9.86. The maximum atomic E-state index is 14.3. The van der Waals surface area contributed by atoms with E-state index in [2.05, 4.69) is 9.97 Å². The monoisotopic (exact) mass is 396 g/mol. The number of hydrogen-bond acceptors (Lipinski definition) is 4. The first kappa shape index (κ1) is 18.2. The molecule has 5 rings (SSSR count). The molecule has 1 unspecified atom stereocenters. The Kier molecular flexibility index (Phi) is 4.35. The summed E-state index contributed by atoms with van der Waals surface area (Å²) >= 11 is 0. The van der Waals surface area contributed by atoms with E-state index < -0.39 is 11.8 Å². The van der Waals surface area contributed by atoms with Crippen molar-refractivity contribution in [3.8, 4) is 22.5 Å². The molecule has 0 spiro atoms. The summed E-state index contributed by atoms with van der Waals surface area (Å²) in [5, 5.41) is 0. The van der Waals surface area contributed by atoms with Crippen LogP contribution < -0.4 is 4.90 Å². The second-order valence-corrected chi connectivity index (χ2v) is 7.78. The lowest BCUT2D eigenvalue weighted by atomic mass is 10.00. The van der Waals surface area contributed by atoms with Crippen molar-refractivity contribution < 1.29 is 13.5 Å². The maximum absolute atomic E-state index is 14.3. The molecule has 1 saturated heterocycles. The minimum atomic E-state index is -2.74. The molecule has 4 heterocycles. The molecule has 3 aromatic rings. The summed E-state index contributed by atoms with van der Waals surface area (Å²) < 4.78 is 34.2. The number of ether oxygens (including phenoxy) is 1. The van der Waals surface area contributed by atoms with E-state index in [-0.39, 0.29) is 13.1 Å². The van der Waals surface area contributed by atoms with Gasteiger partial charge in [-0.05, 0) is 17.2 Å². The number of benzene rings is 1. The van der Waals surface area contributed by atoms with E-state index in [4.69, 9.17) is 9.72 Å². The second-order valence-electron chi connectivity index (χ2n) is 7.78. The summed E-state index contributed by atoms with van der Waals surface area (Å²) in [6, 6.07) is 11.8. The molecule has 29 heavy (non-hydrogen) atoms. The van der Waals surface area contributed by atoms with E-state index in [1.165, 1.54) is 0 Å². The summed E-state index contributed by atoms with van der Waals surface area (Å²) in [6.45, 7) is 2.63. The number of hydrogen-bond donors (Lipinski definition) is 1. The predicted octanol–water partition coefficient (Wildman–Crippen LogP) is 4.30. The fraction of sp³-hybridized carbons (Fsp3) is 0.364. The third-order valence-electron chi connectivity index (χ3n) is 5.76. The highest BCUT2D eigenvalue weighted by molar-refractivity contribution is 5.88. The van der Waals surface area contributed by atoms with Crippen LogP contribution in [0, 0.1) is 5.92 Å². The first-order valence-corrected chi connectivity index (χ1v) is 9.86. The summed E-state index contributed by atoms with van der Waals surface area (Å²) in [5.41, 5.74) is 4.60. The van der Waals surface area contributed by atoms with Crippen LogP contribution in [0.3, 0.4) is 0 Å². The highest BCUT2D eigenvalue weighted by atomic mass is 19.3. The van der Waals surface area contributed by atoms with Gasteiger partial charge in [0.05, 0.1) is 36.7 Å². The highest BCUT2D eigenvalue weighted by Crippen LogP contribution is 2.42. The Labute approximate surface area is 167 Å². The average Bonchev–Trinajstić information content (AvgIpc) is 3.28. The molecule has 0 saturated carbocycles. The van der Waals surface area contributed by atoms with Crippen molar-refractivity contribution in [3.63, 3.8) is 0 Å². The number of aromatic amines is 1. The number of nitrogens with one attached hydrogen (secondary N) is 1. The van der Waals surface area contributed by atoms with Crippen LogP contribution in [0.1, 0.15) is 18.3 Å². The molecular weight excluding hydrogens is 374 g/mol. The summed E-state index contributed by atoms with van der Waals surface area (Å²) in [4.78, 5) is 14.4. The Morgan fingerprint density at radius 2 is 2.03 bits per heavy atom. The normalized spacial score (nSPS) is 20.7. The lowest BCUT2D eigenvalue weighted by molar-refractivity contribution is -0.0137. The number of rotatable bonds is 3. The Balaban J connectivity index is 1.69. The van der Waals surface area contributed by atoms with Crippen LogP contribution in [-0.2, 0) is 17.8 Å². The second kappa shape index (κ2) is 6.91. The van der Waals surface area contributed by atoms with Gasteiger partial charge in [-0.1, -0.05) is 37.3 Å². The van der Waals surface area contributed by atoms with E-state index in [9.17, 15) is 8.78 Å². The van der Waals surface area contributed by atoms with Crippen molar-refractivity contribution in [2.24, 2.45) is 5.92 Å². The van der Waals surface area contributed by atoms with Gasteiger partial charge in [0.25, 0.3) is 5.92 Å². The third kappa shape index (κ3) is 3.19. The van der Waals surface area contributed by atoms with Crippen molar-refractivity contribution in [2.75, 3.05) is 24.6 Å². The van der Waals surface area contributed by atoms with Crippen LogP contribution in [-0.4, -0.2) is 40.6 Å². The first-order chi connectivity index (χ1) is 14.0. The molecule has 1 atom stereocenters. The van der Waals surface area contributed by atoms with Crippen LogP contribution in [0.25, 0.3) is 22.5 Å². The van der Waals surface area contributed by atoms with Gasteiger partial charge in [0.15, 0.2) is 0 Å². The van der Waals surface area contributed by atoms with Gasteiger partial charge in [-0.2, -0.15) is 0 Å². The fourth-order valence-corrected chi connectivity index (χ4v) is 4.12. The number of imidazole rings is 1. The summed E-state index contributed by atoms with van der Waals surface area (Å²) in [7, 11) is 0. The van der Waals surface area contributed by atoms with Gasteiger partial charge in [0.2, 0.25) is 0 Å². The lowest BCUT2D eigenvalue weighted by Crippen LogP contribution is -2.27. The molecule has 2 aliphatic heterocycles. The molecule has 2 aromatic heterocycles. The van der Waals surface area contributed by atoms with Gasteiger partial charge < -0.3 is 14.6 Å². The molecular formula is C22H22F2N4O. The predicted molar refractivity (Wildman–Crippen MR) is 107 cm³/mol. The smallest absolute Gasteiger partial charge is 0.269 e. The van der Waals surface area contributed by atoms with Gasteiger partial charge in [-0.25, -0.2) is 18.7 Å². The quantitative estimate of drug-likeness (QED) is 0.717. The Morgan fingerprint density at radius 1 is 1.21 bits per heavy atom. The van der Waals surface area contributed by atoms with E-state index in [1.54, 1.807) is 18.0 Å². The molecule has 1 N–H and O–H groups in total. The van der Waals surface area contributed by atoms with Crippen LogP contribution in [0.15, 0.2) is 42.6 Å². The Bertz CT molecular complexity index is 1010. The Morgan fingerprint density at radius 3 is 2.76 bits per heavy atom. The van der Waals surface area contributed by atoms with Crippen LogP contribution in [0.2, 0.25) is 0 Å². The Hall–Kier alpha value is -2.80. The molecule has 0 bridgehead atoms. The molecule has 2 aliphatic rings. The van der Waals surface area contributed by atoms with E-state index in [1.807, 2.05) is 36.4 Å². The fourth-order valence-electron chi connectivity index (χ4n) is 4.12. The lowest BCUT2D eigenvalue weighted by Gasteiger charge is -2.21. The van der Waals surface area contributed by atoms with Crippen LogP contribution >= 0.6 is 0 Å². The third-order valence-corrected chi connectivity index (χ3v) is 5.76. The number of pyridine rings is 1. The van der Waals surface area contributed by atoms with Gasteiger partial charge in [-0.3, -0.25) is 0 Å². The number of anilines is 1. The largest absolute Gasteiger partial charge is 0.375 e. The number of halogens is 2. The number of alkyl halides is 2. The highest BCUT2D eigenvalue weighted by Gasteiger charge is 2.46. The number of nitrogens with zero attached hydrogens (tertiary/aromatic N) is 3. The van der Waals surface area contributed by atoms with Crippen molar-refractivity contribution in [1.82, 2.24) is 15.0 Å².